The van der Waals surface area contributed by atoms with Crippen molar-refractivity contribution in [2.45, 2.75) is 63.1 Å². The van der Waals surface area contributed by atoms with Gasteiger partial charge in [0.1, 0.15) is 37.4 Å². The van der Waals surface area contributed by atoms with Gasteiger partial charge >= 0.3 is 0 Å². The van der Waals surface area contributed by atoms with Gasteiger partial charge in [-0.2, -0.15) is 0 Å². The minimum Gasteiger partial charge on any atom is -0.382 e. The van der Waals surface area contributed by atoms with Gasteiger partial charge in [0.15, 0.2) is 0 Å². The highest BCUT2D eigenvalue weighted by atomic mass is 16.3. The molecule has 2 unspecified atom stereocenters. The summed E-state index contributed by atoms with van der Waals surface area (Å²) >= 11 is 0. The van der Waals surface area contributed by atoms with Crippen molar-refractivity contribution in [3.05, 3.63) is 169 Å². The zero-order valence-corrected chi connectivity index (χ0v) is 33.5. The first kappa shape index (κ1) is 37.3. The Kier molecular flexibility index (Phi) is 9.65. The van der Waals surface area contributed by atoms with Gasteiger partial charge in [0.05, 0.1) is 37.2 Å². The predicted molar refractivity (Wildman–Crippen MR) is 233 cm³/mol. The molecule has 2 aromatic heterocycles. The van der Waals surface area contributed by atoms with Gasteiger partial charge in [0.25, 0.3) is 0 Å². The smallest absolute Gasteiger partial charge is 0.131 e. The van der Waals surface area contributed by atoms with Crippen LogP contribution in [0.2, 0.25) is 0 Å². The number of hydrogen-bond donors (Lipinski definition) is 2. The Bertz CT molecular complexity index is 2280. The first-order chi connectivity index (χ1) is 28.4. The lowest BCUT2D eigenvalue weighted by Crippen LogP contribution is -2.67. The van der Waals surface area contributed by atoms with Crippen LogP contribution in [0.3, 0.4) is 0 Å². The van der Waals surface area contributed by atoms with Gasteiger partial charge in [0, 0.05) is 71.8 Å². The van der Waals surface area contributed by atoms with Crippen LogP contribution in [-0.4, -0.2) is 67.4 Å². The van der Waals surface area contributed by atoms with Crippen molar-refractivity contribution in [2.24, 2.45) is 23.7 Å². The molecule has 0 spiro atoms. The molecule has 4 aromatic carbocycles. The fourth-order valence-corrected chi connectivity index (χ4v) is 12.3. The van der Waals surface area contributed by atoms with Gasteiger partial charge < -0.3 is 19.2 Å². The normalized spacial score (nSPS) is 30.0. The monoisotopic (exact) mass is 768 g/mol. The van der Waals surface area contributed by atoms with Crippen molar-refractivity contribution >= 4 is 21.8 Å². The third-order valence-corrected chi connectivity index (χ3v) is 15.3. The van der Waals surface area contributed by atoms with Gasteiger partial charge in [-0.15, -0.1) is 13.2 Å². The number of para-hydroxylation sites is 2. The molecule has 0 amide bonds. The average molecular weight is 769 g/mol. The fraction of sp³-hybridized carbons (Fsp3) is 0.346. The van der Waals surface area contributed by atoms with Crippen LogP contribution in [0.15, 0.2) is 147 Å². The highest BCUT2D eigenvalue weighted by molar-refractivity contribution is 5.83. The number of hydrogen-bond acceptors (Lipinski definition) is 4. The number of nitrogens with zero attached hydrogens (tertiary/aromatic N) is 4. The molecule has 0 aliphatic carbocycles. The van der Waals surface area contributed by atoms with Gasteiger partial charge in [-0.05, 0) is 58.4 Å². The minimum absolute atomic E-state index is 0.122. The molecule has 0 saturated carbocycles. The van der Waals surface area contributed by atoms with Gasteiger partial charge in [-0.3, -0.25) is 9.97 Å². The molecule has 6 heteroatoms. The van der Waals surface area contributed by atoms with Crippen LogP contribution in [-0.2, 0) is 13.1 Å². The summed E-state index contributed by atoms with van der Waals surface area (Å²) in [6.07, 6.45) is 11.3. The summed E-state index contributed by atoms with van der Waals surface area (Å²) in [5.41, 5.74) is 8.93. The van der Waals surface area contributed by atoms with Crippen LogP contribution in [0.25, 0.3) is 32.9 Å². The van der Waals surface area contributed by atoms with Crippen LogP contribution in [0.1, 0.15) is 60.1 Å². The van der Waals surface area contributed by atoms with Crippen LogP contribution >= 0.6 is 0 Å². The molecule has 6 aliphatic heterocycles. The molecule has 6 nitrogen and oxygen atoms in total. The number of aliphatic hydroxyl groups is 2. The second-order valence-corrected chi connectivity index (χ2v) is 18.2. The number of fused-ring (bicyclic) bond motifs is 8. The molecule has 6 saturated heterocycles. The highest BCUT2D eigenvalue weighted by Crippen LogP contribution is 2.50. The summed E-state index contributed by atoms with van der Waals surface area (Å²) < 4.78 is 1.78. The zero-order valence-electron chi connectivity index (χ0n) is 33.5. The van der Waals surface area contributed by atoms with E-state index < -0.39 is 12.2 Å². The van der Waals surface area contributed by atoms with Crippen molar-refractivity contribution < 1.29 is 19.2 Å². The van der Waals surface area contributed by atoms with Crippen molar-refractivity contribution in [2.75, 3.05) is 26.2 Å². The van der Waals surface area contributed by atoms with Crippen LogP contribution in [0.5, 0.6) is 0 Å². The Hall–Kier alpha value is -4.98. The summed E-state index contributed by atoms with van der Waals surface area (Å²) in [7, 11) is 0. The second kappa shape index (κ2) is 15.0. The molecule has 6 aliphatic rings. The molecule has 6 aromatic rings. The molecule has 6 fully saturated rings. The first-order valence-corrected chi connectivity index (χ1v) is 21.6. The van der Waals surface area contributed by atoms with E-state index in [9.17, 15) is 10.2 Å². The number of aliphatic hydroxyl groups excluding tert-OH is 2. The highest BCUT2D eigenvalue weighted by Gasteiger charge is 2.55. The Labute approximate surface area is 343 Å². The van der Waals surface area contributed by atoms with Gasteiger partial charge in [-0.1, -0.05) is 97.1 Å². The van der Waals surface area contributed by atoms with E-state index in [0.29, 0.717) is 23.7 Å². The van der Waals surface area contributed by atoms with E-state index in [2.05, 4.69) is 95.9 Å². The van der Waals surface area contributed by atoms with E-state index in [0.717, 1.165) is 94.0 Å². The number of quaternary nitrogens is 2. The minimum atomic E-state index is -0.558. The number of rotatable bonds is 11. The molecule has 12 rings (SSSR count). The van der Waals surface area contributed by atoms with E-state index in [-0.39, 0.29) is 12.1 Å². The molecular weight excluding hydrogens is 713 g/mol. The van der Waals surface area contributed by atoms with E-state index in [4.69, 9.17) is 0 Å². The van der Waals surface area contributed by atoms with E-state index >= 15 is 0 Å². The molecule has 2 N–H and O–H groups in total. The summed E-state index contributed by atoms with van der Waals surface area (Å²) in [6.45, 7) is 14.5. The lowest BCUT2D eigenvalue weighted by molar-refractivity contribution is -0.984. The third-order valence-electron chi connectivity index (χ3n) is 15.3. The Morgan fingerprint density at radius 2 is 0.983 bits per heavy atom. The Morgan fingerprint density at radius 1 is 0.569 bits per heavy atom. The van der Waals surface area contributed by atoms with E-state index in [1.165, 1.54) is 35.1 Å². The maximum Gasteiger partial charge on any atom is 0.131 e. The summed E-state index contributed by atoms with van der Waals surface area (Å²) in [4.78, 5) is 9.18. The van der Waals surface area contributed by atoms with Gasteiger partial charge in [0.2, 0.25) is 0 Å². The number of aromatic nitrogens is 2. The van der Waals surface area contributed by atoms with Crippen molar-refractivity contribution in [3.8, 4) is 11.1 Å². The molecule has 58 heavy (non-hydrogen) atoms. The van der Waals surface area contributed by atoms with Crippen molar-refractivity contribution in [3.63, 3.8) is 0 Å². The SMILES string of the molecule is C=C[C@@H]1C[N+]2(Cc3ccc(-c4ccc(C[N+]56CC[C@@H](C[C@H]5[C@H](O)c5ccnc7ccccc57)[C@@H](C=C)C6)cc4)cc3)CC[C@@H]1C[C@@H]2[C@H](O)c1ccnc2ccccc12. The van der Waals surface area contributed by atoms with Crippen LogP contribution in [0.4, 0.5) is 0 Å². The van der Waals surface area contributed by atoms with E-state index in [1.54, 1.807) is 0 Å². The summed E-state index contributed by atoms with van der Waals surface area (Å²) in [5.74, 6) is 2.09. The van der Waals surface area contributed by atoms with Crippen LogP contribution < -0.4 is 0 Å². The van der Waals surface area contributed by atoms with Crippen LogP contribution in [0, 0.1) is 23.7 Å². The standard InChI is InChI=1S/C52H56N4O2/c1-3-37-33-55(27-23-41(37)29-49(55)51(57)45-21-25-53-47-11-7-5-9-43(45)47)31-35-13-17-39(18-14-35)40-19-15-36(16-20-40)32-56-28-24-42(38(4-2)34-56)30-50(56)52(58)46-22-26-54-48-12-8-6-10-44(46)48/h3-22,25-26,37-38,41-42,49-52,57-58H,1-2,23-24,27-34H2/q+2/t37-,38+,41-,42+,49-,50+,51-,52-,55?,56?/m1/s1. The largest absolute Gasteiger partial charge is 0.382 e. The molecule has 10 atom stereocenters. The zero-order chi connectivity index (χ0) is 39.4. The molecule has 4 bridgehead atoms. The number of piperidine rings is 6. The lowest BCUT2D eigenvalue weighted by atomic mass is 9.71. The number of pyridine rings is 2. The first-order valence-electron chi connectivity index (χ1n) is 21.6. The molecular formula is C52H56N4O2+2. The number of benzene rings is 4. The van der Waals surface area contributed by atoms with Crippen molar-refractivity contribution in [1.82, 2.24) is 9.97 Å². The summed E-state index contributed by atoms with van der Waals surface area (Å²) in [5, 5.41) is 26.5. The average Bonchev–Trinajstić information content (AvgIpc) is 3.28. The second-order valence-electron chi connectivity index (χ2n) is 18.2. The topological polar surface area (TPSA) is 66.2 Å². The maximum atomic E-state index is 12.2. The predicted octanol–water partition coefficient (Wildman–Crippen LogP) is 9.74. The third kappa shape index (κ3) is 6.42. The summed E-state index contributed by atoms with van der Waals surface area (Å²) in [6, 6.07) is 39.1. The van der Waals surface area contributed by atoms with E-state index in [1.807, 2.05) is 60.9 Å². The quantitative estimate of drug-likeness (QED) is 0.102. The Morgan fingerprint density at radius 3 is 1.40 bits per heavy atom. The lowest BCUT2D eigenvalue weighted by Gasteiger charge is -2.58. The molecule has 0 radical (unpaired) electrons. The maximum absolute atomic E-state index is 12.2. The van der Waals surface area contributed by atoms with Gasteiger partial charge in [-0.25, -0.2) is 0 Å². The Balaban J connectivity index is 0.885. The molecule has 294 valence electrons. The van der Waals surface area contributed by atoms with Crippen molar-refractivity contribution in [1.29, 1.82) is 0 Å². The fourth-order valence-electron chi connectivity index (χ4n) is 12.3. The molecule has 8 heterocycles.